The Morgan fingerprint density at radius 2 is 1.30 bits per heavy atom. The fraction of sp³-hybridized carbons (Fsp3) is 0.105. The van der Waals surface area contributed by atoms with Crippen LogP contribution in [0.1, 0.15) is 17.5 Å². The van der Waals surface area contributed by atoms with E-state index in [0.29, 0.717) is 0 Å². The van der Waals surface area contributed by atoms with Crippen LogP contribution in [0.5, 0.6) is 0 Å². The van der Waals surface area contributed by atoms with Crippen molar-refractivity contribution in [2.45, 2.75) is 6.42 Å². The minimum absolute atomic E-state index is 0.236. The Balaban J connectivity index is 1.70. The zero-order chi connectivity index (χ0) is 16.5. The maximum absolute atomic E-state index is 11.6. The molecular formula is C19H20N2O2. The average molecular weight is 308 g/mol. The van der Waals surface area contributed by atoms with Gasteiger partial charge >= 0.3 is 5.97 Å². The highest BCUT2D eigenvalue weighted by Crippen LogP contribution is 2.08. The van der Waals surface area contributed by atoms with Gasteiger partial charge in [-0.15, -0.1) is 0 Å². The lowest BCUT2D eigenvalue weighted by Crippen LogP contribution is -2.02. The summed E-state index contributed by atoms with van der Waals surface area (Å²) in [5.74, 6) is -0.265. The number of hydrogen-bond acceptors (Lipinski definition) is 4. The van der Waals surface area contributed by atoms with Crippen LogP contribution in [0.4, 0.5) is 11.4 Å². The molecule has 0 amide bonds. The standard InChI is InChI=1S/C19H20N2O2/c20-17-10-6-15(7-11-17)3-1-5-19(22)23-14-2-4-16-8-12-18(21)13-9-16/h1-4,6-13H,5,14,20-21H2/b3-1+,4-2+. The second kappa shape index (κ2) is 8.44. The fourth-order valence-electron chi connectivity index (χ4n) is 1.89. The van der Waals surface area contributed by atoms with Crippen LogP contribution >= 0.6 is 0 Å². The van der Waals surface area contributed by atoms with Crippen LogP contribution in [-0.2, 0) is 9.53 Å². The summed E-state index contributed by atoms with van der Waals surface area (Å²) < 4.78 is 5.12. The number of carbonyl (C=O) groups excluding carboxylic acids is 1. The van der Waals surface area contributed by atoms with Crippen molar-refractivity contribution in [3.8, 4) is 0 Å². The van der Waals surface area contributed by atoms with Gasteiger partial charge in [0.05, 0.1) is 6.42 Å². The molecule has 0 bridgehead atoms. The van der Waals surface area contributed by atoms with Gasteiger partial charge in [-0.25, -0.2) is 0 Å². The molecule has 4 N–H and O–H groups in total. The van der Waals surface area contributed by atoms with Gasteiger partial charge < -0.3 is 16.2 Å². The minimum atomic E-state index is -0.265. The fourth-order valence-corrected chi connectivity index (χ4v) is 1.89. The highest BCUT2D eigenvalue weighted by molar-refractivity contribution is 5.73. The lowest BCUT2D eigenvalue weighted by molar-refractivity contribution is -0.141. The van der Waals surface area contributed by atoms with Crippen LogP contribution in [0, 0.1) is 0 Å². The summed E-state index contributed by atoms with van der Waals surface area (Å²) in [6, 6.07) is 14.9. The van der Waals surface area contributed by atoms with E-state index in [4.69, 9.17) is 16.2 Å². The van der Waals surface area contributed by atoms with Crippen molar-refractivity contribution in [3.05, 3.63) is 71.8 Å². The zero-order valence-corrected chi connectivity index (χ0v) is 12.8. The predicted octanol–water partition coefficient (Wildman–Crippen LogP) is 3.51. The highest BCUT2D eigenvalue weighted by Gasteiger charge is 1.97. The normalized spacial score (nSPS) is 11.1. The van der Waals surface area contributed by atoms with Crippen LogP contribution in [-0.4, -0.2) is 12.6 Å². The molecule has 0 saturated carbocycles. The van der Waals surface area contributed by atoms with Gasteiger partial charge in [-0.3, -0.25) is 4.79 Å². The summed E-state index contributed by atoms with van der Waals surface area (Å²) in [7, 11) is 0. The summed E-state index contributed by atoms with van der Waals surface area (Å²) in [4.78, 5) is 11.6. The third-order valence-electron chi connectivity index (χ3n) is 3.12. The molecule has 0 saturated heterocycles. The first-order valence-electron chi connectivity index (χ1n) is 7.33. The Morgan fingerprint density at radius 1 is 0.826 bits per heavy atom. The molecule has 0 radical (unpaired) electrons. The van der Waals surface area contributed by atoms with E-state index in [1.165, 1.54) is 0 Å². The molecule has 0 aromatic heterocycles. The van der Waals surface area contributed by atoms with Crippen molar-refractivity contribution in [1.82, 2.24) is 0 Å². The molecule has 0 atom stereocenters. The molecule has 23 heavy (non-hydrogen) atoms. The van der Waals surface area contributed by atoms with E-state index in [1.807, 2.05) is 60.7 Å². The third kappa shape index (κ3) is 6.09. The second-order valence-electron chi connectivity index (χ2n) is 5.03. The van der Waals surface area contributed by atoms with Gasteiger partial charge in [-0.2, -0.15) is 0 Å². The number of ether oxygens (including phenoxy) is 1. The summed E-state index contributed by atoms with van der Waals surface area (Å²) in [5, 5.41) is 0. The topological polar surface area (TPSA) is 78.3 Å². The van der Waals surface area contributed by atoms with E-state index in [2.05, 4.69) is 0 Å². The Hall–Kier alpha value is -3.01. The Labute approximate surface area is 136 Å². The maximum atomic E-state index is 11.6. The van der Waals surface area contributed by atoms with Crippen molar-refractivity contribution >= 4 is 29.5 Å². The van der Waals surface area contributed by atoms with E-state index in [-0.39, 0.29) is 19.0 Å². The van der Waals surface area contributed by atoms with Gasteiger partial charge in [0.1, 0.15) is 6.61 Å². The van der Waals surface area contributed by atoms with Gasteiger partial charge in [0.2, 0.25) is 0 Å². The van der Waals surface area contributed by atoms with E-state index in [9.17, 15) is 4.79 Å². The zero-order valence-electron chi connectivity index (χ0n) is 12.8. The van der Waals surface area contributed by atoms with Crippen LogP contribution in [0.3, 0.4) is 0 Å². The van der Waals surface area contributed by atoms with Gasteiger partial charge in [0.25, 0.3) is 0 Å². The average Bonchev–Trinajstić information content (AvgIpc) is 2.55. The summed E-state index contributed by atoms with van der Waals surface area (Å²) in [6.07, 6.45) is 7.56. The Morgan fingerprint density at radius 3 is 1.83 bits per heavy atom. The molecule has 0 heterocycles. The smallest absolute Gasteiger partial charge is 0.309 e. The first-order valence-corrected chi connectivity index (χ1v) is 7.33. The van der Waals surface area contributed by atoms with Crippen molar-refractivity contribution in [3.63, 3.8) is 0 Å². The molecule has 0 aliphatic rings. The quantitative estimate of drug-likeness (QED) is 0.632. The van der Waals surface area contributed by atoms with Crippen molar-refractivity contribution in [2.24, 2.45) is 0 Å². The van der Waals surface area contributed by atoms with E-state index in [1.54, 1.807) is 12.2 Å². The maximum Gasteiger partial charge on any atom is 0.309 e. The van der Waals surface area contributed by atoms with E-state index < -0.39 is 0 Å². The molecule has 0 unspecified atom stereocenters. The van der Waals surface area contributed by atoms with Crippen LogP contribution < -0.4 is 11.5 Å². The van der Waals surface area contributed by atoms with Crippen molar-refractivity contribution in [1.29, 1.82) is 0 Å². The number of hydrogen-bond donors (Lipinski definition) is 2. The molecule has 0 spiro atoms. The first-order chi connectivity index (χ1) is 11.1. The lowest BCUT2D eigenvalue weighted by Gasteiger charge is -1.99. The van der Waals surface area contributed by atoms with Crippen molar-refractivity contribution in [2.75, 3.05) is 18.1 Å². The first kappa shape index (κ1) is 16.4. The monoisotopic (exact) mass is 308 g/mol. The largest absolute Gasteiger partial charge is 0.461 e. The molecule has 2 rings (SSSR count). The number of carbonyl (C=O) groups is 1. The van der Waals surface area contributed by atoms with Gasteiger partial charge in [-0.1, -0.05) is 42.5 Å². The molecule has 2 aromatic rings. The number of nitrogens with two attached hydrogens (primary N) is 2. The number of anilines is 2. The molecule has 0 aliphatic carbocycles. The number of nitrogen functional groups attached to an aromatic ring is 2. The lowest BCUT2D eigenvalue weighted by atomic mass is 10.2. The Bertz CT molecular complexity index is 686. The minimum Gasteiger partial charge on any atom is -0.461 e. The highest BCUT2D eigenvalue weighted by atomic mass is 16.5. The van der Waals surface area contributed by atoms with E-state index in [0.717, 1.165) is 22.5 Å². The predicted molar refractivity (Wildman–Crippen MR) is 95.4 cm³/mol. The van der Waals surface area contributed by atoms with Gasteiger partial charge in [0.15, 0.2) is 0 Å². The van der Waals surface area contributed by atoms with Crippen molar-refractivity contribution < 1.29 is 9.53 Å². The third-order valence-corrected chi connectivity index (χ3v) is 3.12. The molecule has 0 aliphatic heterocycles. The summed E-state index contributed by atoms with van der Waals surface area (Å²) in [5.41, 5.74) is 14.7. The van der Waals surface area contributed by atoms with Gasteiger partial charge in [-0.05, 0) is 41.5 Å². The van der Waals surface area contributed by atoms with Crippen LogP contribution in [0.25, 0.3) is 12.2 Å². The second-order valence-corrected chi connectivity index (χ2v) is 5.03. The van der Waals surface area contributed by atoms with Gasteiger partial charge in [0, 0.05) is 11.4 Å². The van der Waals surface area contributed by atoms with Crippen LogP contribution in [0.15, 0.2) is 60.7 Å². The number of rotatable bonds is 6. The molecule has 0 fully saturated rings. The molecule has 4 nitrogen and oxygen atoms in total. The molecular weight excluding hydrogens is 288 g/mol. The SMILES string of the molecule is Nc1ccc(/C=C/COC(=O)C/C=C/c2ccc(N)cc2)cc1. The number of esters is 1. The molecule has 2 aromatic carbocycles. The summed E-state index contributed by atoms with van der Waals surface area (Å²) in [6.45, 7) is 0.249. The summed E-state index contributed by atoms with van der Waals surface area (Å²) >= 11 is 0. The van der Waals surface area contributed by atoms with E-state index >= 15 is 0 Å². The molecule has 4 heteroatoms. The molecule has 118 valence electrons. The number of benzene rings is 2. The van der Waals surface area contributed by atoms with Crippen LogP contribution in [0.2, 0.25) is 0 Å². The Kier molecular flexibility index (Phi) is 6.00.